The van der Waals surface area contributed by atoms with E-state index in [1.807, 2.05) is 0 Å². The van der Waals surface area contributed by atoms with Gasteiger partial charge in [-0.3, -0.25) is 0 Å². The number of nitrogens with one attached hydrogen (secondary N) is 1. The summed E-state index contributed by atoms with van der Waals surface area (Å²) in [6, 6.07) is 0.472. The number of thiazole rings is 1. The van der Waals surface area contributed by atoms with Crippen molar-refractivity contribution in [1.82, 2.24) is 10.3 Å². The Morgan fingerprint density at radius 1 is 1.57 bits per heavy atom. The first-order chi connectivity index (χ1) is 6.81. The van der Waals surface area contributed by atoms with E-state index in [9.17, 15) is 0 Å². The highest BCUT2D eigenvalue weighted by atomic mass is 32.1. The van der Waals surface area contributed by atoms with Crippen molar-refractivity contribution >= 4 is 11.3 Å². The fraction of sp³-hybridized carbons (Fsp3) is 0.700. The van der Waals surface area contributed by atoms with Crippen LogP contribution in [0, 0.1) is 6.92 Å². The van der Waals surface area contributed by atoms with Crippen LogP contribution in [-0.4, -0.2) is 11.5 Å². The third kappa shape index (κ3) is 1.97. The molecule has 1 fully saturated rings. The molecule has 0 spiro atoms. The molecule has 1 unspecified atom stereocenters. The van der Waals surface area contributed by atoms with E-state index in [0.29, 0.717) is 12.6 Å². The number of nitrogens with two attached hydrogens (primary N) is 1. The van der Waals surface area contributed by atoms with Crippen LogP contribution in [0.4, 0.5) is 0 Å². The van der Waals surface area contributed by atoms with Crippen molar-refractivity contribution in [3.8, 4) is 0 Å². The zero-order valence-electron chi connectivity index (χ0n) is 8.55. The van der Waals surface area contributed by atoms with E-state index >= 15 is 0 Å². The Balaban J connectivity index is 2.17. The summed E-state index contributed by atoms with van der Waals surface area (Å²) in [7, 11) is 0. The fourth-order valence-corrected chi connectivity index (χ4v) is 2.83. The van der Waals surface area contributed by atoms with Crippen molar-refractivity contribution in [1.29, 1.82) is 0 Å². The molecule has 0 aliphatic carbocycles. The summed E-state index contributed by atoms with van der Waals surface area (Å²) in [6.07, 6.45) is 3.82. The van der Waals surface area contributed by atoms with Gasteiger partial charge >= 0.3 is 0 Å². The number of nitrogens with zero attached hydrogens (tertiary/aromatic N) is 1. The lowest BCUT2D eigenvalue weighted by Crippen LogP contribution is -2.27. The van der Waals surface area contributed by atoms with Gasteiger partial charge in [0.25, 0.3) is 0 Å². The molecule has 1 aromatic rings. The molecule has 1 aliphatic heterocycles. The highest BCUT2D eigenvalue weighted by molar-refractivity contribution is 7.11. The van der Waals surface area contributed by atoms with Gasteiger partial charge in [0.1, 0.15) is 5.01 Å². The fourth-order valence-electron chi connectivity index (χ4n) is 1.96. The quantitative estimate of drug-likeness (QED) is 0.783. The lowest BCUT2D eigenvalue weighted by molar-refractivity contribution is 0.405. The second kappa shape index (κ2) is 4.38. The van der Waals surface area contributed by atoms with E-state index in [-0.39, 0.29) is 0 Å². The topological polar surface area (TPSA) is 50.9 Å². The van der Waals surface area contributed by atoms with Gasteiger partial charge in [-0.15, -0.1) is 11.3 Å². The highest BCUT2D eigenvalue weighted by Crippen LogP contribution is 2.28. The monoisotopic (exact) mass is 211 g/mol. The Kier molecular flexibility index (Phi) is 3.15. The molecule has 1 atom stereocenters. The molecule has 0 saturated carbocycles. The van der Waals surface area contributed by atoms with Crippen molar-refractivity contribution in [2.24, 2.45) is 5.73 Å². The molecule has 78 valence electrons. The average Bonchev–Trinajstić information content (AvgIpc) is 2.61. The molecule has 0 amide bonds. The number of hydrogen-bond acceptors (Lipinski definition) is 4. The molecule has 1 saturated heterocycles. The molecule has 14 heavy (non-hydrogen) atoms. The predicted molar refractivity (Wildman–Crippen MR) is 59.3 cm³/mol. The lowest BCUT2D eigenvalue weighted by atomic mass is 10.0. The number of aromatic nitrogens is 1. The van der Waals surface area contributed by atoms with Gasteiger partial charge in [-0.2, -0.15) is 0 Å². The number of aryl methyl sites for hydroxylation is 1. The molecule has 0 bridgehead atoms. The van der Waals surface area contributed by atoms with Crippen LogP contribution in [0.15, 0.2) is 0 Å². The largest absolute Gasteiger partial charge is 0.325 e. The standard InChI is InChI=1S/C10H17N3S/c1-7-10(13-9(6-11)14-7)8-4-2-3-5-12-8/h8,12H,2-6,11H2,1H3. The molecule has 4 heteroatoms. The first kappa shape index (κ1) is 10.1. The third-order valence-corrected chi connectivity index (χ3v) is 3.70. The average molecular weight is 211 g/mol. The van der Waals surface area contributed by atoms with E-state index in [4.69, 9.17) is 5.73 Å². The number of rotatable bonds is 2. The summed E-state index contributed by atoms with van der Waals surface area (Å²) in [5.74, 6) is 0. The molecular weight excluding hydrogens is 194 g/mol. The molecular formula is C10H17N3S. The van der Waals surface area contributed by atoms with E-state index in [2.05, 4.69) is 17.2 Å². The first-order valence-corrected chi connectivity index (χ1v) is 6.02. The Morgan fingerprint density at radius 2 is 2.43 bits per heavy atom. The van der Waals surface area contributed by atoms with Crippen molar-refractivity contribution in [3.63, 3.8) is 0 Å². The van der Waals surface area contributed by atoms with Crippen LogP contribution >= 0.6 is 11.3 Å². The van der Waals surface area contributed by atoms with Crippen LogP contribution in [0.5, 0.6) is 0 Å². The Bertz CT molecular complexity index is 302. The van der Waals surface area contributed by atoms with Crippen LogP contribution < -0.4 is 11.1 Å². The van der Waals surface area contributed by atoms with Crippen molar-refractivity contribution in [2.45, 2.75) is 38.8 Å². The van der Waals surface area contributed by atoms with E-state index < -0.39 is 0 Å². The van der Waals surface area contributed by atoms with Gasteiger partial charge < -0.3 is 11.1 Å². The SMILES string of the molecule is Cc1sc(CN)nc1C1CCCCN1. The lowest BCUT2D eigenvalue weighted by Gasteiger charge is -2.22. The van der Waals surface area contributed by atoms with Crippen molar-refractivity contribution in [2.75, 3.05) is 6.54 Å². The van der Waals surface area contributed by atoms with Gasteiger partial charge in [0.05, 0.1) is 11.7 Å². The van der Waals surface area contributed by atoms with Crippen LogP contribution in [0.3, 0.4) is 0 Å². The highest BCUT2D eigenvalue weighted by Gasteiger charge is 2.19. The normalized spacial score (nSPS) is 22.6. The van der Waals surface area contributed by atoms with E-state index in [1.54, 1.807) is 11.3 Å². The maximum atomic E-state index is 5.59. The van der Waals surface area contributed by atoms with Crippen LogP contribution in [-0.2, 0) is 6.54 Å². The Morgan fingerprint density at radius 3 is 3.00 bits per heavy atom. The van der Waals surface area contributed by atoms with Crippen LogP contribution in [0.25, 0.3) is 0 Å². The number of piperidine rings is 1. The van der Waals surface area contributed by atoms with Crippen molar-refractivity contribution < 1.29 is 0 Å². The molecule has 1 aromatic heterocycles. The van der Waals surface area contributed by atoms with Gasteiger partial charge in [0.15, 0.2) is 0 Å². The summed E-state index contributed by atoms with van der Waals surface area (Å²) >= 11 is 1.73. The van der Waals surface area contributed by atoms with Crippen LogP contribution in [0.1, 0.15) is 40.9 Å². The maximum Gasteiger partial charge on any atom is 0.107 e. The second-order valence-electron chi connectivity index (χ2n) is 3.76. The summed E-state index contributed by atoms with van der Waals surface area (Å²) < 4.78 is 0. The van der Waals surface area contributed by atoms with Crippen molar-refractivity contribution in [3.05, 3.63) is 15.6 Å². The summed E-state index contributed by atoms with van der Waals surface area (Å²) in [6.45, 7) is 3.83. The minimum atomic E-state index is 0.472. The molecule has 0 aromatic carbocycles. The summed E-state index contributed by atoms with van der Waals surface area (Å²) in [5, 5.41) is 4.58. The Hall–Kier alpha value is -0.450. The maximum absolute atomic E-state index is 5.59. The van der Waals surface area contributed by atoms with Gasteiger partial charge in [0, 0.05) is 11.4 Å². The van der Waals surface area contributed by atoms with Gasteiger partial charge in [-0.05, 0) is 26.3 Å². The number of hydrogen-bond donors (Lipinski definition) is 2. The molecule has 1 aliphatic rings. The van der Waals surface area contributed by atoms with Crippen LogP contribution in [0.2, 0.25) is 0 Å². The zero-order chi connectivity index (χ0) is 9.97. The second-order valence-corrected chi connectivity index (χ2v) is 5.04. The minimum absolute atomic E-state index is 0.472. The first-order valence-electron chi connectivity index (χ1n) is 5.21. The third-order valence-electron chi connectivity index (χ3n) is 2.69. The smallest absolute Gasteiger partial charge is 0.107 e. The molecule has 3 N–H and O–H groups in total. The molecule has 2 rings (SSSR count). The van der Waals surface area contributed by atoms with Gasteiger partial charge in [-0.1, -0.05) is 6.42 Å². The molecule has 2 heterocycles. The molecule has 3 nitrogen and oxygen atoms in total. The summed E-state index contributed by atoms with van der Waals surface area (Å²) in [5.41, 5.74) is 6.82. The van der Waals surface area contributed by atoms with Gasteiger partial charge in [-0.25, -0.2) is 4.98 Å². The van der Waals surface area contributed by atoms with Gasteiger partial charge in [0.2, 0.25) is 0 Å². The Labute approximate surface area is 88.7 Å². The molecule has 0 radical (unpaired) electrons. The van der Waals surface area contributed by atoms with E-state index in [0.717, 1.165) is 11.6 Å². The zero-order valence-corrected chi connectivity index (χ0v) is 9.36. The summed E-state index contributed by atoms with van der Waals surface area (Å²) in [4.78, 5) is 5.91. The predicted octanol–water partition coefficient (Wildman–Crippen LogP) is 1.72. The minimum Gasteiger partial charge on any atom is -0.325 e. The van der Waals surface area contributed by atoms with E-state index in [1.165, 1.54) is 29.8 Å².